The summed E-state index contributed by atoms with van der Waals surface area (Å²) in [6, 6.07) is 9.11. The molecule has 0 aliphatic carbocycles. The van der Waals surface area contributed by atoms with E-state index in [-0.39, 0.29) is 0 Å². The molecule has 1 fully saturated rings. The van der Waals surface area contributed by atoms with Gasteiger partial charge in [0.15, 0.2) is 5.17 Å². The minimum atomic E-state index is 0.562. The van der Waals surface area contributed by atoms with E-state index >= 15 is 0 Å². The van der Waals surface area contributed by atoms with Gasteiger partial charge >= 0.3 is 0 Å². The predicted molar refractivity (Wildman–Crippen MR) is 67.4 cm³/mol. The van der Waals surface area contributed by atoms with E-state index in [4.69, 9.17) is 0 Å². The SMILES string of the molecule is Cc1ccc(CN=C2NC(C)CS2)cc1. The van der Waals surface area contributed by atoms with Gasteiger partial charge in [0.2, 0.25) is 0 Å². The van der Waals surface area contributed by atoms with Gasteiger partial charge in [-0.2, -0.15) is 0 Å². The monoisotopic (exact) mass is 220 g/mol. The van der Waals surface area contributed by atoms with E-state index in [2.05, 4.69) is 48.4 Å². The molecule has 3 heteroatoms. The maximum absolute atomic E-state index is 4.54. The third-order valence-electron chi connectivity index (χ3n) is 2.37. The van der Waals surface area contributed by atoms with E-state index in [9.17, 15) is 0 Å². The van der Waals surface area contributed by atoms with Crippen LogP contribution in [0.5, 0.6) is 0 Å². The Morgan fingerprint density at radius 3 is 2.73 bits per heavy atom. The minimum Gasteiger partial charge on any atom is -0.362 e. The Balaban J connectivity index is 1.95. The molecule has 0 spiro atoms. The highest BCUT2D eigenvalue weighted by molar-refractivity contribution is 8.14. The first-order valence-corrected chi connectivity index (χ1v) is 6.22. The molecule has 1 N–H and O–H groups in total. The molecule has 0 bridgehead atoms. The normalized spacial score (nSPS) is 23.1. The number of aliphatic imine (C=N–C) groups is 1. The van der Waals surface area contributed by atoms with E-state index in [1.807, 2.05) is 11.8 Å². The number of nitrogens with zero attached hydrogens (tertiary/aromatic N) is 1. The van der Waals surface area contributed by atoms with Crippen molar-refractivity contribution in [3.8, 4) is 0 Å². The molecule has 0 aromatic heterocycles. The molecule has 80 valence electrons. The number of benzene rings is 1. The number of aryl methyl sites for hydroxylation is 1. The summed E-state index contributed by atoms with van der Waals surface area (Å²) < 4.78 is 0. The van der Waals surface area contributed by atoms with Crippen LogP contribution in [0.2, 0.25) is 0 Å². The van der Waals surface area contributed by atoms with Crippen molar-refractivity contribution in [2.75, 3.05) is 5.75 Å². The molecule has 1 heterocycles. The third kappa shape index (κ3) is 2.99. The van der Waals surface area contributed by atoms with Gasteiger partial charge in [-0.05, 0) is 19.4 Å². The number of hydrogen-bond donors (Lipinski definition) is 1. The summed E-state index contributed by atoms with van der Waals surface area (Å²) in [6.07, 6.45) is 0. The average molecular weight is 220 g/mol. The lowest BCUT2D eigenvalue weighted by Crippen LogP contribution is -2.23. The first-order valence-electron chi connectivity index (χ1n) is 5.23. The summed E-state index contributed by atoms with van der Waals surface area (Å²) in [5.74, 6) is 1.13. The Hall–Kier alpha value is -0.960. The molecule has 15 heavy (non-hydrogen) atoms. The van der Waals surface area contributed by atoms with Crippen LogP contribution in [-0.4, -0.2) is 17.0 Å². The van der Waals surface area contributed by atoms with Crippen LogP contribution in [0.15, 0.2) is 29.3 Å². The second kappa shape index (κ2) is 4.71. The Kier molecular flexibility index (Phi) is 3.31. The van der Waals surface area contributed by atoms with Crippen LogP contribution in [0.3, 0.4) is 0 Å². The second-order valence-corrected chi connectivity index (χ2v) is 4.97. The Bertz CT molecular complexity index is 356. The molecule has 2 rings (SSSR count). The lowest BCUT2D eigenvalue weighted by atomic mass is 10.1. The molecular weight excluding hydrogens is 204 g/mol. The van der Waals surface area contributed by atoms with Crippen LogP contribution >= 0.6 is 11.8 Å². The summed E-state index contributed by atoms with van der Waals surface area (Å²) in [5.41, 5.74) is 2.57. The Morgan fingerprint density at radius 2 is 2.13 bits per heavy atom. The molecule has 1 aliphatic rings. The van der Waals surface area contributed by atoms with Crippen molar-refractivity contribution in [2.24, 2.45) is 4.99 Å². The van der Waals surface area contributed by atoms with Crippen LogP contribution < -0.4 is 5.32 Å². The summed E-state index contributed by atoms with van der Waals surface area (Å²) in [4.78, 5) is 4.54. The van der Waals surface area contributed by atoms with E-state index in [1.165, 1.54) is 11.1 Å². The Labute approximate surface area is 95.2 Å². The molecule has 0 radical (unpaired) electrons. The highest BCUT2D eigenvalue weighted by Crippen LogP contribution is 2.14. The van der Waals surface area contributed by atoms with Crippen molar-refractivity contribution < 1.29 is 0 Å². The summed E-state index contributed by atoms with van der Waals surface area (Å²) in [7, 11) is 0. The molecule has 1 atom stereocenters. The van der Waals surface area contributed by atoms with Gasteiger partial charge in [0.1, 0.15) is 0 Å². The van der Waals surface area contributed by atoms with Crippen LogP contribution in [0.1, 0.15) is 18.1 Å². The quantitative estimate of drug-likeness (QED) is 0.828. The highest BCUT2D eigenvalue weighted by Gasteiger charge is 2.14. The minimum absolute atomic E-state index is 0.562. The number of rotatable bonds is 2. The van der Waals surface area contributed by atoms with E-state index in [0.29, 0.717) is 6.04 Å². The maximum Gasteiger partial charge on any atom is 0.157 e. The lowest BCUT2D eigenvalue weighted by Gasteiger charge is -2.01. The van der Waals surface area contributed by atoms with Gasteiger partial charge in [-0.1, -0.05) is 41.6 Å². The van der Waals surface area contributed by atoms with E-state index in [1.54, 1.807) is 0 Å². The first kappa shape index (κ1) is 10.6. The molecule has 0 saturated carbocycles. The van der Waals surface area contributed by atoms with Crippen molar-refractivity contribution >= 4 is 16.9 Å². The molecular formula is C12H16N2S. The highest BCUT2D eigenvalue weighted by atomic mass is 32.2. The summed E-state index contributed by atoms with van der Waals surface area (Å²) in [6.45, 7) is 5.06. The van der Waals surface area contributed by atoms with Gasteiger partial charge in [0, 0.05) is 11.8 Å². The lowest BCUT2D eigenvalue weighted by molar-refractivity contribution is 0.764. The fraction of sp³-hybridized carbons (Fsp3) is 0.417. The smallest absolute Gasteiger partial charge is 0.157 e. The van der Waals surface area contributed by atoms with Crippen molar-refractivity contribution in [3.05, 3.63) is 35.4 Å². The van der Waals surface area contributed by atoms with Gasteiger partial charge in [0.05, 0.1) is 6.54 Å². The summed E-state index contributed by atoms with van der Waals surface area (Å²) >= 11 is 1.81. The molecule has 1 aromatic rings. The largest absolute Gasteiger partial charge is 0.362 e. The van der Waals surface area contributed by atoms with Crippen molar-refractivity contribution in [1.29, 1.82) is 0 Å². The second-order valence-electron chi connectivity index (χ2n) is 3.96. The van der Waals surface area contributed by atoms with Crippen LogP contribution in [0, 0.1) is 6.92 Å². The zero-order valence-electron chi connectivity index (χ0n) is 9.16. The average Bonchev–Trinajstić information content (AvgIpc) is 2.64. The van der Waals surface area contributed by atoms with Gasteiger partial charge < -0.3 is 5.32 Å². The molecule has 1 unspecified atom stereocenters. The topological polar surface area (TPSA) is 24.4 Å². The third-order valence-corrected chi connectivity index (χ3v) is 3.55. The molecule has 1 aliphatic heterocycles. The summed E-state index contributed by atoms with van der Waals surface area (Å²) in [5, 5.41) is 4.43. The number of hydrogen-bond acceptors (Lipinski definition) is 2. The van der Waals surface area contributed by atoms with Gasteiger partial charge in [-0.3, -0.25) is 4.99 Å². The van der Waals surface area contributed by atoms with Crippen LogP contribution in [-0.2, 0) is 6.54 Å². The van der Waals surface area contributed by atoms with Gasteiger partial charge in [0.25, 0.3) is 0 Å². The molecule has 1 aromatic carbocycles. The van der Waals surface area contributed by atoms with Gasteiger partial charge in [-0.25, -0.2) is 0 Å². The zero-order chi connectivity index (χ0) is 10.7. The van der Waals surface area contributed by atoms with E-state index < -0.39 is 0 Å². The van der Waals surface area contributed by atoms with Crippen molar-refractivity contribution in [1.82, 2.24) is 5.32 Å². The number of amidine groups is 1. The fourth-order valence-electron chi connectivity index (χ4n) is 1.45. The fourth-order valence-corrected chi connectivity index (χ4v) is 2.38. The van der Waals surface area contributed by atoms with Crippen molar-refractivity contribution in [3.63, 3.8) is 0 Å². The van der Waals surface area contributed by atoms with Gasteiger partial charge in [-0.15, -0.1) is 0 Å². The Morgan fingerprint density at radius 1 is 1.40 bits per heavy atom. The standard InChI is InChI=1S/C12H16N2S/c1-9-3-5-11(6-4-9)7-13-12-14-10(2)8-15-12/h3-6,10H,7-8H2,1-2H3,(H,13,14). The maximum atomic E-state index is 4.54. The molecule has 0 amide bonds. The van der Waals surface area contributed by atoms with Crippen LogP contribution in [0.4, 0.5) is 0 Å². The molecule has 2 nitrogen and oxygen atoms in total. The number of thioether (sulfide) groups is 1. The zero-order valence-corrected chi connectivity index (χ0v) is 9.97. The number of nitrogens with one attached hydrogen (secondary N) is 1. The van der Waals surface area contributed by atoms with E-state index in [0.717, 1.165) is 17.5 Å². The van der Waals surface area contributed by atoms with Crippen molar-refractivity contribution in [2.45, 2.75) is 26.4 Å². The molecule has 1 saturated heterocycles. The predicted octanol–water partition coefficient (Wildman–Crippen LogP) is 2.58. The first-order chi connectivity index (χ1) is 7.24. The van der Waals surface area contributed by atoms with Crippen LogP contribution in [0.25, 0.3) is 0 Å².